The van der Waals surface area contributed by atoms with Gasteiger partial charge in [0.25, 0.3) is 4.87 Å². The topological polar surface area (TPSA) is 49.7 Å². The normalized spacial score (nSPS) is 23.9. The Hall–Kier alpha value is -1.57. The Morgan fingerprint density at radius 1 is 1.25 bits per heavy atom. The second kappa shape index (κ2) is 4.47. The van der Waals surface area contributed by atoms with Crippen LogP contribution in [0.5, 0.6) is 0 Å². The number of rotatable bonds is 2. The number of alkyl halides is 3. The molecule has 0 aliphatic carbocycles. The molecule has 20 heavy (non-hydrogen) atoms. The van der Waals surface area contributed by atoms with Crippen LogP contribution in [0.3, 0.4) is 0 Å². The maximum atomic E-state index is 13.3. The second-order valence-electron chi connectivity index (χ2n) is 4.64. The van der Waals surface area contributed by atoms with Crippen molar-refractivity contribution in [3.63, 3.8) is 0 Å². The summed E-state index contributed by atoms with van der Waals surface area (Å²) in [6.07, 6.45) is -4.41. The third-order valence-corrected chi connectivity index (χ3v) is 4.91. The SMILES string of the molecule is CC1=NC(C(F)(F)F)(S(C)(=O)=O)CN1c1ccccc1. The van der Waals surface area contributed by atoms with Gasteiger partial charge in [-0.1, -0.05) is 18.2 Å². The van der Waals surface area contributed by atoms with E-state index in [2.05, 4.69) is 4.99 Å². The first-order valence-electron chi connectivity index (χ1n) is 5.74. The van der Waals surface area contributed by atoms with Gasteiger partial charge in [-0.2, -0.15) is 13.2 Å². The van der Waals surface area contributed by atoms with Crippen molar-refractivity contribution in [2.24, 2.45) is 4.99 Å². The van der Waals surface area contributed by atoms with E-state index in [9.17, 15) is 21.6 Å². The molecule has 0 radical (unpaired) electrons. The lowest BCUT2D eigenvalue weighted by atomic mass is 10.2. The van der Waals surface area contributed by atoms with Gasteiger partial charge in [0.05, 0.1) is 6.54 Å². The minimum absolute atomic E-state index is 0.0268. The van der Waals surface area contributed by atoms with Crippen LogP contribution < -0.4 is 4.90 Å². The van der Waals surface area contributed by atoms with Crippen LogP contribution in [0.15, 0.2) is 35.3 Å². The number of hydrogen-bond acceptors (Lipinski definition) is 4. The summed E-state index contributed by atoms with van der Waals surface area (Å²) >= 11 is 0. The van der Waals surface area contributed by atoms with Gasteiger partial charge in [-0.15, -0.1) is 0 Å². The summed E-state index contributed by atoms with van der Waals surface area (Å²) in [5, 5.41) is 0. The molecule has 1 aromatic carbocycles. The molecule has 1 aliphatic heterocycles. The van der Waals surface area contributed by atoms with E-state index >= 15 is 0 Å². The lowest BCUT2D eigenvalue weighted by molar-refractivity contribution is -0.155. The van der Waals surface area contributed by atoms with E-state index in [1.54, 1.807) is 30.3 Å². The molecule has 0 spiro atoms. The van der Waals surface area contributed by atoms with Crippen molar-refractivity contribution in [1.82, 2.24) is 0 Å². The van der Waals surface area contributed by atoms with E-state index in [4.69, 9.17) is 0 Å². The molecule has 1 aliphatic rings. The van der Waals surface area contributed by atoms with Crippen LogP contribution in [0.2, 0.25) is 0 Å². The molecule has 8 heteroatoms. The van der Waals surface area contributed by atoms with Crippen LogP contribution >= 0.6 is 0 Å². The number of benzene rings is 1. The van der Waals surface area contributed by atoms with Crippen LogP contribution in [-0.4, -0.2) is 38.1 Å². The zero-order valence-electron chi connectivity index (χ0n) is 10.8. The molecule has 1 heterocycles. The van der Waals surface area contributed by atoms with Crippen molar-refractivity contribution in [2.75, 3.05) is 17.7 Å². The highest BCUT2D eigenvalue weighted by molar-refractivity contribution is 7.92. The number of halogens is 3. The van der Waals surface area contributed by atoms with Crippen molar-refractivity contribution in [3.8, 4) is 0 Å². The zero-order chi connectivity index (χ0) is 15.2. The standard InChI is InChI=1S/C12H13F3N2O2S/c1-9-16-11(12(13,14)15,20(2,18)19)8-17(9)10-6-4-3-5-7-10/h3-7H,8H2,1-2H3. The molecule has 2 rings (SSSR count). The summed E-state index contributed by atoms with van der Waals surface area (Å²) < 4.78 is 63.1. The average Bonchev–Trinajstić information content (AvgIpc) is 2.68. The first-order chi connectivity index (χ1) is 9.08. The predicted molar refractivity (Wildman–Crippen MR) is 70.5 cm³/mol. The predicted octanol–water partition coefficient (Wildman–Crippen LogP) is 2.23. The Morgan fingerprint density at radius 2 is 1.80 bits per heavy atom. The van der Waals surface area contributed by atoms with Gasteiger partial charge in [0.15, 0.2) is 9.84 Å². The molecule has 0 N–H and O–H groups in total. The van der Waals surface area contributed by atoms with Crippen molar-refractivity contribution in [1.29, 1.82) is 0 Å². The smallest absolute Gasteiger partial charge is 0.326 e. The number of hydrogen-bond donors (Lipinski definition) is 0. The molecule has 1 atom stereocenters. The van der Waals surface area contributed by atoms with Gasteiger partial charge in [0.2, 0.25) is 0 Å². The molecular formula is C12H13F3N2O2S. The van der Waals surface area contributed by atoms with Crippen LogP contribution in [0.1, 0.15) is 6.92 Å². The van der Waals surface area contributed by atoms with E-state index in [0.717, 1.165) is 0 Å². The molecule has 0 aromatic heterocycles. The Morgan fingerprint density at radius 3 is 2.20 bits per heavy atom. The molecule has 1 unspecified atom stereocenters. The first kappa shape index (κ1) is 14.8. The molecule has 0 saturated heterocycles. The number of para-hydroxylation sites is 1. The lowest BCUT2D eigenvalue weighted by Gasteiger charge is -2.28. The number of aliphatic imine (C=N–C) groups is 1. The molecule has 110 valence electrons. The molecule has 0 amide bonds. The van der Waals surface area contributed by atoms with Crippen molar-refractivity contribution < 1.29 is 21.6 Å². The maximum Gasteiger partial charge on any atom is 0.429 e. The fourth-order valence-electron chi connectivity index (χ4n) is 2.14. The summed E-state index contributed by atoms with van der Waals surface area (Å²) in [5.41, 5.74) is 0.475. The monoisotopic (exact) mass is 306 g/mol. The largest absolute Gasteiger partial charge is 0.429 e. The highest BCUT2D eigenvalue weighted by Gasteiger charge is 2.66. The number of sulfone groups is 1. The fraction of sp³-hybridized carbons (Fsp3) is 0.417. The Labute approximate surface area is 114 Å². The average molecular weight is 306 g/mol. The van der Waals surface area contributed by atoms with Crippen LogP contribution in [0.4, 0.5) is 18.9 Å². The van der Waals surface area contributed by atoms with Crippen LogP contribution in [-0.2, 0) is 9.84 Å². The molecule has 1 aromatic rings. The highest BCUT2D eigenvalue weighted by atomic mass is 32.2. The van der Waals surface area contributed by atoms with Crippen molar-refractivity contribution in [3.05, 3.63) is 30.3 Å². The minimum Gasteiger partial charge on any atom is -0.326 e. The Kier molecular flexibility index (Phi) is 3.32. The number of anilines is 1. The maximum absolute atomic E-state index is 13.3. The van der Waals surface area contributed by atoms with Crippen molar-refractivity contribution >= 4 is 21.4 Å². The third kappa shape index (κ3) is 2.17. The van der Waals surface area contributed by atoms with Gasteiger partial charge in [0, 0.05) is 11.9 Å². The van der Waals surface area contributed by atoms with Gasteiger partial charge in [-0.05, 0) is 19.1 Å². The third-order valence-electron chi connectivity index (χ3n) is 3.23. The van der Waals surface area contributed by atoms with Gasteiger partial charge in [0.1, 0.15) is 5.84 Å². The summed E-state index contributed by atoms with van der Waals surface area (Å²) in [6, 6.07) is 8.26. The summed E-state index contributed by atoms with van der Waals surface area (Å²) in [6.45, 7) is 0.608. The van der Waals surface area contributed by atoms with Gasteiger partial charge < -0.3 is 4.90 Å². The lowest BCUT2D eigenvalue weighted by Crippen LogP contribution is -2.53. The van der Waals surface area contributed by atoms with E-state index in [1.807, 2.05) is 0 Å². The molecule has 0 fully saturated rings. The molecule has 0 bridgehead atoms. The Bertz CT molecular complexity index is 640. The van der Waals surface area contributed by atoms with Crippen LogP contribution in [0, 0.1) is 0 Å². The van der Waals surface area contributed by atoms with Gasteiger partial charge in [-0.25, -0.2) is 13.4 Å². The van der Waals surface area contributed by atoms with Crippen LogP contribution in [0.25, 0.3) is 0 Å². The van der Waals surface area contributed by atoms with Gasteiger partial charge >= 0.3 is 6.18 Å². The molecule has 4 nitrogen and oxygen atoms in total. The highest BCUT2D eigenvalue weighted by Crippen LogP contribution is 2.42. The van der Waals surface area contributed by atoms with E-state index in [-0.39, 0.29) is 5.84 Å². The van der Waals surface area contributed by atoms with E-state index < -0.39 is 27.4 Å². The van der Waals surface area contributed by atoms with Gasteiger partial charge in [-0.3, -0.25) is 0 Å². The second-order valence-corrected chi connectivity index (χ2v) is 6.85. The molecule has 0 saturated carbocycles. The minimum atomic E-state index is -4.97. The Balaban J connectivity index is 2.53. The first-order valence-corrected chi connectivity index (χ1v) is 7.63. The van der Waals surface area contributed by atoms with Crippen molar-refractivity contribution in [2.45, 2.75) is 18.0 Å². The number of nitrogens with zero attached hydrogens (tertiary/aromatic N) is 2. The summed E-state index contributed by atoms with van der Waals surface area (Å²) in [7, 11) is -4.45. The quantitative estimate of drug-likeness (QED) is 0.842. The fourth-order valence-corrected chi connectivity index (χ4v) is 3.22. The van der Waals surface area contributed by atoms with E-state index in [1.165, 1.54) is 11.8 Å². The number of amidine groups is 1. The summed E-state index contributed by atoms with van der Waals surface area (Å²) in [5.74, 6) is 0.0268. The molecular weight excluding hydrogens is 293 g/mol. The summed E-state index contributed by atoms with van der Waals surface area (Å²) in [4.78, 5) is 1.61. The van der Waals surface area contributed by atoms with E-state index in [0.29, 0.717) is 11.9 Å². The zero-order valence-corrected chi connectivity index (χ0v) is 11.7.